The Kier molecular flexibility index (Phi) is 8.56. The molecule has 0 fully saturated rings. The quantitative estimate of drug-likeness (QED) is 0.0980. The second-order valence-electron chi connectivity index (χ2n) is 14.8. The summed E-state index contributed by atoms with van der Waals surface area (Å²) in [5.74, 6) is 0.757. The molecule has 0 aliphatic carbocycles. The molecule has 59 heavy (non-hydrogen) atoms. The molecule has 0 amide bonds. The van der Waals surface area contributed by atoms with E-state index in [0.29, 0.717) is 11.1 Å². The maximum atomic E-state index is 17.2. The molecule has 0 saturated heterocycles. The number of halogens is 1. The van der Waals surface area contributed by atoms with Gasteiger partial charge < -0.3 is 8.97 Å². The van der Waals surface area contributed by atoms with E-state index in [4.69, 9.17) is 4.98 Å². The van der Waals surface area contributed by atoms with Gasteiger partial charge in [0, 0.05) is 39.4 Å². The summed E-state index contributed by atoms with van der Waals surface area (Å²) in [5, 5.41) is 10.4. The number of benzene rings is 7. The number of hydrogen-bond donors (Lipinski definition) is 0. The first-order valence-electron chi connectivity index (χ1n) is 19.4. The largest absolute Gasteiger partial charge is 2.00 e. The second kappa shape index (κ2) is 14.0. The molecule has 12 rings (SSSR count). The minimum Gasteiger partial charge on any atom is -0.340 e. The van der Waals surface area contributed by atoms with Crippen molar-refractivity contribution in [1.29, 1.82) is 0 Å². The molecule has 1 unspecified atom stereocenters. The number of fused-ring (bicyclic) bond motifs is 12. The van der Waals surface area contributed by atoms with Gasteiger partial charge in [0.2, 0.25) is 0 Å². The molecule has 4 nitrogen and oxygen atoms in total. The van der Waals surface area contributed by atoms with Crippen LogP contribution in [0.1, 0.15) is 17.3 Å². The van der Waals surface area contributed by atoms with Crippen LogP contribution in [0.25, 0.3) is 54.9 Å². The topological polar surface area (TPSA) is 35.1 Å². The summed E-state index contributed by atoms with van der Waals surface area (Å²) < 4.78 is 21.5. The summed E-state index contributed by atoms with van der Waals surface area (Å²) in [6.45, 7) is 0. The number of nitrogens with zero attached hydrogens (tertiary/aromatic N) is 4. The fraction of sp³-hybridized carbons (Fsp3) is 0.0196. The fourth-order valence-corrected chi connectivity index (χ4v) is 16.6. The van der Waals surface area contributed by atoms with E-state index in [1.54, 1.807) is 6.20 Å². The fourth-order valence-electron chi connectivity index (χ4n) is 9.44. The van der Waals surface area contributed by atoms with Crippen LogP contribution >= 0.6 is 11.8 Å². The first kappa shape index (κ1) is 36.0. The van der Waals surface area contributed by atoms with Gasteiger partial charge in [0.05, 0.1) is 5.65 Å². The van der Waals surface area contributed by atoms with Crippen LogP contribution in [0.4, 0.5) is 4.39 Å². The number of alkyl halides is 1. The molecule has 0 bridgehead atoms. The van der Waals surface area contributed by atoms with Gasteiger partial charge >= 0.3 is 21.1 Å². The van der Waals surface area contributed by atoms with Crippen molar-refractivity contribution >= 4 is 89.7 Å². The predicted molar refractivity (Wildman–Crippen MR) is 237 cm³/mol. The average molecular weight is 974 g/mol. The normalized spacial score (nSPS) is 13.7. The van der Waals surface area contributed by atoms with Crippen LogP contribution in [-0.4, -0.2) is 27.0 Å². The number of para-hydroxylation sites is 1. The number of aromatic nitrogens is 4. The van der Waals surface area contributed by atoms with Crippen molar-refractivity contribution in [2.24, 2.45) is 0 Å². The zero-order chi connectivity index (χ0) is 38.4. The van der Waals surface area contributed by atoms with E-state index in [0.717, 1.165) is 54.9 Å². The van der Waals surface area contributed by atoms with Crippen molar-refractivity contribution in [3.63, 3.8) is 0 Å². The maximum Gasteiger partial charge on any atom is 2.00 e. The molecule has 7 aromatic carbocycles. The van der Waals surface area contributed by atoms with Gasteiger partial charge in [-0.05, 0) is 67.9 Å². The van der Waals surface area contributed by atoms with Gasteiger partial charge in [-0.25, -0.2) is 9.37 Å². The monoisotopic (exact) mass is 973 g/mol. The molecule has 0 spiro atoms. The molecule has 5 heterocycles. The van der Waals surface area contributed by atoms with E-state index in [1.165, 1.54) is 30.5 Å². The van der Waals surface area contributed by atoms with Crippen molar-refractivity contribution in [2.45, 2.75) is 16.0 Å². The standard InChI is InChI=1S/C51H31FN4SSi.Pt/c52-49(33-22-24-37-38-17-7-8-18-41(38)55-30-29-54-51(55)40(37)31-33)34-23-25-39-43(32-34)56(47-21-11-12-28-53-47)42-26-27-45-50(48(39)42)58(35-13-3-1-4-14-35,36-15-5-2-6-16-36)46-20-10-9-19-44(46)57-45;/h1-30,49H;/q-2;+2. The summed E-state index contributed by atoms with van der Waals surface area (Å²) >= 11 is 1.84. The van der Waals surface area contributed by atoms with Gasteiger partial charge in [0.15, 0.2) is 8.07 Å². The Hall–Kier alpha value is -6.11. The Balaban J connectivity index is 0.00000397. The molecule has 1 atom stereocenters. The third kappa shape index (κ3) is 5.25. The smallest absolute Gasteiger partial charge is 0.340 e. The molecule has 1 aliphatic heterocycles. The van der Waals surface area contributed by atoms with Gasteiger partial charge in [-0.15, -0.1) is 29.1 Å². The molecule has 282 valence electrons. The van der Waals surface area contributed by atoms with Crippen LogP contribution in [0.15, 0.2) is 192 Å². The number of imidazole rings is 1. The Morgan fingerprint density at radius 1 is 0.576 bits per heavy atom. The van der Waals surface area contributed by atoms with E-state index in [1.807, 2.05) is 72.7 Å². The van der Waals surface area contributed by atoms with E-state index in [9.17, 15) is 0 Å². The molecular weight excluding hydrogens is 943 g/mol. The minimum absolute atomic E-state index is 0. The van der Waals surface area contributed by atoms with Crippen molar-refractivity contribution in [1.82, 2.24) is 18.9 Å². The molecule has 0 radical (unpaired) electrons. The van der Waals surface area contributed by atoms with Crippen LogP contribution in [0.5, 0.6) is 0 Å². The first-order chi connectivity index (χ1) is 28.7. The summed E-state index contributed by atoms with van der Waals surface area (Å²) in [4.78, 5) is 12.1. The number of rotatable bonds is 5. The van der Waals surface area contributed by atoms with Gasteiger partial charge in [-0.2, -0.15) is 18.2 Å². The van der Waals surface area contributed by atoms with E-state index >= 15 is 4.39 Å². The van der Waals surface area contributed by atoms with E-state index < -0.39 is 14.2 Å². The predicted octanol–water partition coefficient (Wildman–Crippen LogP) is 9.63. The van der Waals surface area contributed by atoms with Crippen molar-refractivity contribution < 1.29 is 25.5 Å². The molecule has 0 N–H and O–H groups in total. The summed E-state index contributed by atoms with van der Waals surface area (Å²) in [5.41, 5.74) is 4.49. The van der Waals surface area contributed by atoms with E-state index in [-0.39, 0.29) is 21.1 Å². The SMILES string of the molecule is FC(c1[c-]c2c(cc1)c1ccccc1n1ccnc21)c1[c-]c2c(cc1)c1c3c(ccc1n2-c1ccccn1)Sc1ccccc1[Si]3(c1ccccc1)c1ccccc1.[Pt+2]. The van der Waals surface area contributed by atoms with Gasteiger partial charge in [-0.1, -0.05) is 137 Å². The average Bonchev–Trinajstić information content (AvgIpc) is 3.93. The minimum atomic E-state index is -2.95. The van der Waals surface area contributed by atoms with Gasteiger partial charge in [-0.3, -0.25) is 4.98 Å². The maximum absolute atomic E-state index is 17.2. The number of hydrogen-bond acceptors (Lipinski definition) is 3. The summed E-state index contributed by atoms with van der Waals surface area (Å²) in [7, 11) is -2.95. The summed E-state index contributed by atoms with van der Waals surface area (Å²) in [6.07, 6.45) is 4.07. The van der Waals surface area contributed by atoms with Crippen molar-refractivity contribution in [2.75, 3.05) is 0 Å². The Bertz CT molecular complexity index is 3370. The third-order valence-electron chi connectivity index (χ3n) is 11.8. The van der Waals surface area contributed by atoms with Gasteiger partial charge in [0.25, 0.3) is 0 Å². The van der Waals surface area contributed by atoms with Crippen LogP contribution < -0.4 is 20.7 Å². The molecule has 4 aromatic heterocycles. The van der Waals surface area contributed by atoms with Crippen molar-refractivity contribution in [3.05, 3.63) is 206 Å². The number of pyridine rings is 2. The Labute approximate surface area is 359 Å². The third-order valence-corrected chi connectivity index (χ3v) is 18.2. The summed E-state index contributed by atoms with van der Waals surface area (Å²) in [6, 6.07) is 64.7. The zero-order valence-electron chi connectivity index (χ0n) is 31.3. The first-order valence-corrected chi connectivity index (χ1v) is 22.2. The van der Waals surface area contributed by atoms with Crippen LogP contribution in [-0.2, 0) is 21.1 Å². The molecular formula is C51H31FN4PtSSi. The molecule has 1 aliphatic rings. The Morgan fingerprint density at radius 2 is 1.27 bits per heavy atom. The van der Waals surface area contributed by atoms with Crippen LogP contribution in [0, 0.1) is 12.1 Å². The molecule has 0 saturated carbocycles. The van der Waals surface area contributed by atoms with E-state index in [2.05, 4.69) is 141 Å². The second-order valence-corrected chi connectivity index (χ2v) is 19.6. The molecule has 8 heteroatoms. The van der Waals surface area contributed by atoms with Crippen LogP contribution in [0.2, 0.25) is 0 Å². The zero-order valence-corrected chi connectivity index (χ0v) is 35.4. The van der Waals surface area contributed by atoms with Crippen LogP contribution in [0.3, 0.4) is 0 Å². The molecule has 11 aromatic rings. The van der Waals surface area contributed by atoms with Gasteiger partial charge in [0.1, 0.15) is 12.0 Å². The van der Waals surface area contributed by atoms with Crippen molar-refractivity contribution in [3.8, 4) is 5.82 Å². The Morgan fingerprint density at radius 3 is 2.05 bits per heavy atom.